The topological polar surface area (TPSA) is 95.5 Å². The first-order valence-electron chi connectivity index (χ1n) is 8.68. The van der Waals surface area contributed by atoms with Crippen LogP contribution >= 0.6 is 0 Å². The van der Waals surface area contributed by atoms with E-state index in [0.717, 1.165) is 0 Å². The van der Waals surface area contributed by atoms with Gasteiger partial charge in [-0.15, -0.1) is 0 Å². The van der Waals surface area contributed by atoms with Gasteiger partial charge in [-0.2, -0.15) is 0 Å². The summed E-state index contributed by atoms with van der Waals surface area (Å²) in [5.74, 6) is 0.320. The van der Waals surface area contributed by atoms with Crippen molar-refractivity contribution < 1.29 is 12.8 Å². The average molecular weight is 393 g/mol. The molecule has 0 atom stereocenters. The molecular weight excluding hydrogens is 369 g/mol. The van der Waals surface area contributed by atoms with Gasteiger partial charge in [0.25, 0.3) is 0 Å². The largest absolute Gasteiger partial charge is 0.357 e. The van der Waals surface area contributed by atoms with E-state index >= 15 is 0 Å². The zero-order valence-electron chi connectivity index (χ0n) is 15.2. The Morgan fingerprint density at radius 3 is 2.67 bits per heavy atom. The molecule has 0 bridgehead atoms. The van der Waals surface area contributed by atoms with Crippen LogP contribution in [0.15, 0.2) is 58.7 Å². The van der Waals surface area contributed by atoms with Crippen LogP contribution in [-0.2, 0) is 16.4 Å². The summed E-state index contributed by atoms with van der Waals surface area (Å²) in [7, 11) is -3.59. The minimum absolute atomic E-state index is 0.115. The van der Waals surface area contributed by atoms with Gasteiger partial charge in [0.2, 0.25) is 10.0 Å². The van der Waals surface area contributed by atoms with Crippen molar-refractivity contribution >= 4 is 16.0 Å². The number of benzene rings is 1. The van der Waals surface area contributed by atoms with Crippen molar-refractivity contribution in [2.45, 2.75) is 18.2 Å². The van der Waals surface area contributed by atoms with Crippen molar-refractivity contribution in [3.8, 4) is 0 Å². The van der Waals surface area contributed by atoms with Crippen LogP contribution in [0.25, 0.3) is 0 Å². The first-order chi connectivity index (χ1) is 13.0. The summed E-state index contributed by atoms with van der Waals surface area (Å²) in [6, 6.07) is 9.68. The lowest BCUT2D eigenvalue weighted by atomic mass is 10.1. The Hall–Kier alpha value is -2.52. The van der Waals surface area contributed by atoms with E-state index in [9.17, 15) is 12.8 Å². The van der Waals surface area contributed by atoms with Crippen molar-refractivity contribution in [2.24, 2.45) is 4.99 Å². The molecule has 27 heavy (non-hydrogen) atoms. The van der Waals surface area contributed by atoms with Crippen LogP contribution in [0.4, 0.5) is 4.39 Å². The number of hydrogen-bond donors (Lipinski definition) is 3. The molecule has 1 aromatic carbocycles. The lowest BCUT2D eigenvalue weighted by molar-refractivity contribution is 0.581. The first-order valence-corrected chi connectivity index (χ1v) is 10.2. The van der Waals surface area contributed by atoms with Crippen LogP contribution in [0.2, 0.25) is 0 Å². The molecule has 7 nitrogen and oxygen atoms in total. The average Bonchev–Trinajstić information content (AvgIpc) is 2.67. The zero-order chi connectivity index (χ0) is 19.5. The van der Waals surface area contributed by atoms with Gasteiger partial charge in [-0.1, -0.05) is 18.2 Å². The standard InChI is InChI=1S/C18H24FN5O2S/c1-2-21-18(22-11-9-15-6-3-4-8-17(15)19)23-12-13-24-27(25,26)16-7-5-10-20-14-16/h3-8,10,14,24H,2,9,11-13H2,1H3,(H2,21,22,23). The summed E-state index contributed by atoms with van der Waals surface area (Å²) < 4.78 is 40.3. The normalized spacial score (nSPS) is 12.0. The second-order valence-corrected chi connectivity index (χ2v) is 7.38. The number of rotatable bonds is 9. The maximum Gasteiger partial charge on any atom is 0.242 e. The Morgan fingerprint density at radius 1 is 1.15 bits per heavy atom. The molecule has 2 aromatic rings. The monoisotopic (exact) mass is 393 g/mol. The molecule has 9 heteroatoms. The van der Waals surface area contributed by atoms with Crippen LogP contribution < -0.4 is 15.4 Å². The molecule has 0 aliphatic rings. The van der Waals surface area contributed by atoms with Gasteiger partial charge in [-0.25, -0.2) is 17.5 Å². The molecule has 0 unspecified atom stereocenters. The van der Waals surface area contributed by atoms with Gasteiger partial charge >= 0.3 is 0 Å². The molecule has 0 aliphatic heterocycles. The highest BCUT2D eigenvalue weighted by Crippen LogP contribution is 2.06. The van der Waals surface area contributed by atoms with Crippen LogP contribution in [0, 0.1) is 5.82 Å². The Morgan fingerprint density at radius 2 is 1.96 bits per heavy atom. The van der Waals surface area contributed by atoms with Gasteiger partial charge in [-0.3, -0.25) is 9.98 Å². The zero-order valence-corrected chi connectivity index (χ0v) is 16.0. The lowest BCUT2D eigenvalue weighted by Gasteiger charge is -2.12. The second-order valence-electron chi connectivity index (χ2n) is 5.62. The van der Waals surface area contributed by atoms with Crippen LogP contribution in [-0.4, -0.2) is 45.5 Å². The van der Waals surface area contributed by atoms with E-state index in [-0.39, 0.29) is 23.8 Å². The van der Waals surface area contributed by atoms with Crippen LogP contribution in [0.3, 0.4) is 0 Å². The van der Waals surface area contributed by atoms with Gasteiger partial charge in [0.1, 0.15) is 10.7 Å². The van der Waals surface area contributed by atoms with Crippen molar-refractivity contribution in [3.05, 3.63) is 60.2 Å². The fraction of sp³-hybridized carbons (Fsp3) is 0.333. The van der Waals surface area contributed by atoms with Gasteiger partial charge in [0.15, 0.2) is 5.96 Å². The molecule has 0 saturated carbocycles. The van der Waals surface area contributed by atoms with E-state index < -0.39 is 10.0 Å². The van der Waals surface area contributed by atoms with Crippen LogP contribution in [0.1, 0.15) is 12.5 Å². The molecule has 0 spiro atoms. The van der Waals surface area contributed by atoms with Gasteiger partial charge in [0, 0.05) is 32.0 Å². The third-order valence-electron chi connectivity index (χ3n) is 3.61. The summed E-state index contributed by atoms with van der Waals surface area (Å²) in [6.07, 6.45) is 3.32. The summed E-state index contributed by atoms with van der Waals surface area (Å²) in [5.41, 5.74) is 0.630. The molecule has 1 aromatic heterocycles. The predicted molar refractivity (Wildman–Crippen MR) is 104 cm³/mol. The number of pyridine rings is 1. The second kappa shape index (κ2) is 10.6. The summed E-state index contributed by atoms with van der Waals surface area (Å²) >= 11 is 0. The highest BCUT2D eigenvalue weighted by Gasteiger charge is 2.12. The van der Waals surface area contributed by atoms with E-state index in [0.29, 0.717) is 31.0 Å². The third kappa shape index (κ3) is 6.95. The number of hydrogen-bond acceptors (Lipinski definition) is 4. The summed E-state index contributed by atoms with van der Waals surface area (Å²) in [5, 5.41) is 6.18. The van der Waals surface area contributed by atoms with Crippen molar-refractivity contribution in [1.29, 1.82) is 0 Å². The van der Waals surface area contributed by atoms with E-state index in [1.165, 1.54) is 24.5 Å². The van der Waals surface area contributed by atoms with Gasteiger partial charge in [0.05, 0.1) is 6.54 Å². The van der Waals surface area contributed by atoms with E-state index in [1.807, 2.05) is 6.92 Å². The minimum atomic E-state index is -3.59. The molecule has 0 saturated heterocycles. The maximum atomic E-state index is 13.6. The first kappa shape index (κ1) is 20.8. The van der Waals surface area contributed by atoms with E-state index in [1.54, 1.807) is 24.3 Å². The lowest BCUT2D eigenvalue weighted by Crippen LogP contribution is -2.39. The molecule has 2 rings (SSSR count). The number of aromatic nitrogens is 1. The highest BCUT2D eigenvalue weighted by molar-refractivity contribution is 7.89. The SMILES string of the molecule is CCNC(=NCCNS(=O)(=O)c1cccnc1)NCCc1ccccc1F. The van der Waals surface area contributed by atoms with Crippen molar-refractivity contribution in [2.75, 3.05) is 26.2 Å². The highest BCUT2D eigenvalue weighted by atomic mass is 32.2. The quantitative estimate of drug-likeness (QED) is 0.339. The number of nitrogens with zero attached hydrogens (tertiary/aromatic N) is 2. The third-order valence-corrected chi connectivity index (χ3v) is 5.05. The molecule has 3 N–H and O–H groups in total. The molecule has 0 aliphatic carbocycles. The number of halogens is 1. The molecule has 1 heterocycles. The Bertz CT molecular complexity index is 844. The molecule has 146 valence electrons. The molecule has 0 amide bonds. The van der Waals surface area contributed by atoms with Crippen LogP contribution in [0.5, 0.6) is 0 Å². The van der Waals surface area contributed by atoms with Crippen molar-refractivity contribution in [3.63, 3.8) is 0 Å². The molecule has 0 radical (unpaired) electrons. The smallest absolute Gasteiger partial charge is 0.242 e. The number of guanidine groups is 1. The minimum Gasteiger partial charge on any atom is -0.357 e. The predicted octanol–water partition coefficient (Wildman–Crippen LogP) is 1.30. The number of nitrogens with one attached hydrogen (secondary N) is 3. The van der Waals surface area contributed by atoms with Crippen molar-refractivity contribution in [1.82, 2.24) is 20.3 Å². The summed E-state index contributed by atoms with van der Waals surface area (Å²) in [4.78, 5) is 8.24. The maximum absolute atomic E-state index is 13.6. The fourth-order valence-electron chi connectivity index (χ4n) is 2.30. The van der Waals surface area contributed by atoms with E-state index in [4.69, 9.17) is 0 Å². The Kier molecular flexibility index (Phi) is 8.15. The van der Waals surface area contributed by atoms with Gasteiger partial charge in [-0.05, 0) is 37.1 Å². The van der Waals surface area contributed by atoms with E-state index in [2.05, 4.69) is 25.3 Å². The Labute approximate surface area is 159 Å². The molecular formula is C18H24FN5O2S. The summed E-state index contributed by atoms with van der Waals surface area (Å²) in [6.45, 7) is 3.51. The molecule has 0 fully saturated rings. The fourth-order valence-corrected chi connectivity index (χ4v) is 3.28. The number of sulfonamides is 1. The number of aliphatic imine (C=N–C) groups is 1. The van der Waals surface area contributed by atoms with Gasteiger partial charge < -0.3 is 10.6 Å². The Balaban J connectivity index is 1.82.